The highest BCUT2D eigenvalue weighted by molar-refractivity contribution is 7.99. The molecule has 160 valence electrons. The fourth-order valence-corrected chi connectivity index (χ4v) is 4.24. The van der Waals surface area contributed by atoms with E-state index in [0.717, 1.165) is 29.1 Å². The number of H-pyrrole nitrogens is 1. The van der Waals surface area contributed by atoms with Gasteiger partial charge in [0.1, 0.15) is 4.88 Å². The maximum absolute atomic E-state index is 12.3. The second kappa shape index (κ2) is 11.1. The number of amides is 1. The first kappa shape index (κ1) is 23.9. The summed E-state index contributed by atoms with van der Waals surface area (Å²) < 4.78 is 4.99. The van der Waals surface area contributed by atoms with E-state index in [4.69, 9.17) is 4.74 Å². The molecule has 2 aromatic heterocycles. The maximum Gasteiger partial charge on any atom is 0.350 e. The van der Waals surface area contributed by atoms with E-state index in [1.54, 1.807) is 13.8 Å². The lowest BCUT2D eigenvalue weighted by Gasteiger charge is -2.00. The molecule has 0 aliphatic heterocycles. The summed E-state index contributed by atoms with van der Waals surface area (Å²) in [6.45, 7) is 5.73. The number of thiazole rings is 1. The van der Waals surface area contributed by atoms with E-state index in [1.165, 1.54) is 17.3 Å². The molecule has 2 N–H and O–H groups in total. The first-order chi connectivity index (χ1) is 14.0. The lowest BCUT2D eigenvalue weighted by Crippen LogP contribution is -2.13. The highest BCUT2D eigenvalue weighted by atomic mass is 35.5. The third-order valence-corrected chi connectivity index (χ3v) is 5.95. The number of halogens is 1. The average molecular weight is 467 g/mol. The predicted octanol–water partition coefficient (Wildman–Crippen LogP) is 4.40. The summed E-state index contributed by atoms with van der Waals surface area (Å²) in [5, 5.41) is 3.82. The fraction of sp³-hybridized carbons (Fsp3) is 0.300. The van der Waals surface area contributed by atoms with Crippen molar-refractivity contribution in [3.05, 3.63) is 57.9 Å². The van der Waals surface area contributed by atoms with Gasteiger partial charge in [0.25, 0.3) is 0 Å². The summed E-state index contributed by atoms with van der Waals surface area (Å²) in [5.41, 5.74) is 3.69. The number of carbonyl (C=O) groups excluding carboxylic acids is 2. The van der Waals surface area contributed by atoms with Crippen molar-refractivity contribution in [1.29, 1.82) is 0 Å². The quantitative estimate of drug-likeness (QED) is 0.377. The average Bonchev–Trinajstić information content (AvgIpc) is 3.23. The number of thioether (sulfide) groups is 1. The smallest absolute Gasteiger partial charge is 0.350 e. The minimum absolute atomic E-state index is 0. The summed E-state index contributed by atoms with van der Waals surface area (Å²) >= 11 is 2.44. The van der Waals surface area contributed by atoms with Crippen molar-refractivity contribution in [2.75, 3.05) is 17.7 Å². The number of aryl methyl sites for hydroxylation is 2. The van der Waals surface area contributed by atoms with Gasteiger partial charge in [0.05, 0.1) is 23.7 Å². The van der Waals surface area contributed by atoms with E-state index in [2.05, 4.69) is 32.4 Å². The Morgan fingerprint density at radius 2 is 1.93 bits per heavy atom. The third-order valence-electron chi connectivity index (χ3n) is 4.02. The van der Waals surface area contributed by atoms with Crippen LogP contribution in [-0.4, -0.2) is 39.2 Å². The van der Waals surface area contributed by atoms with Gasteiger partial charge in [-0.05, 0) is 26.3 Å². The van der Waals surface area contributed by atoms with Crippen molar-refractivity contribution in [1.82, 2.24) is 15.0 Å². The molecule has 10 heteroatoms. The summed E-state index contributed by atoms with van der Waals surface area (Å²) in [4.78, 5) is 36.6. The number of hydrogen-bond acceptors (Lipinski definition) is 7. The third kappa shape index (κ3) is 6.32. The Bertz CT molecular complexity index is 1000. The van der Waals surface area contributed by atoms with Crippen LogP contribution in [0.4, 0.5) is 5.13 Å². The zero-order valence-electron chi connectivity index (χ0n) is 16.9. The number of nitrogens with one attached hydrogen (secondary N) is 2. The molecule has 30 heavy (non-hydrogen) atoms. The van der Waals surface area contributed by atoms with Crippen LogP contribution in [0.5, 0.6) is 0 Å². The molecule has 3 rings (SSSR count). The topological polar surface area (TPSA) is 97.0 Å². The minimum Gasteiger partial charge on any atom is -0.462 e. The molecular weight excluding hydrogens is 444 g/mol. The molecule has 0 aliphatic carbocycles. The number of aromatic amines is 1. The van der Waals surface area contributed by atoms with Crippen LogP contribution in [0.3, 0.4) is 0 Å². The number of esters is 1. The molecule has 0 unspecified atom stereocenters. The Morgan fingerprint density at radius 3 is 2.63 bits per heavy atom. The van der Waals surface area contributed by atoms with Gasteiger partial charge in [-0.3, -0.25) is 4.79 Å². The van der Waals surface area contributed by atoms with E-state index in [0.29, 0.717) is 27.5 Å². The zero-order chi connectivity index (χ0) is 20.8. The van der Waals surface area contributed by atoms with Gasteiger partial charge in [0.2, 0.25) is 5.91 Å². The number of hydrogen-bond donors (Lipinski definition) is 2. The molecule has 1 amide bonds. The van der Waals surface area contributed by atoms with Crippen LogP contribution in [0.15, 0.2) is 35.5 Å². The first-order valence-electron chi connectivity index (χ1n) is 9.12. The van der Waals surface area contributed by atoms with Crippen LogP contribution >= 0.6 is 35.5 Å². The van der Waals surface area contributed by atoms with E-state index in [9.17, 15) is 9.59 Å². The van der Waals surface area contributed by atoms with Crippen LogP contribution in [0, 0.1) is 13.8 Å². The molecule has 3 aromatic rings. The normalized spacial score (nSPS) is 10.4. The van der Waals surface area contributed by atoms with Crippen LogP contribution in [-0.2, 0) is 16.0 Å². The molecule has 0 fully saturated rings. The molecule has 0 saturated heterocycles. The van der Waals surface area contributed by atoms with Crippen molar-refractivity contribution in [3.8, 4) is 0 Å². The first-order valence-corrected chi connectivity index (χ1v) is 10.9. The van der Waals surface area contributed by atoms with Gasteiger partial charge in [-0.15, -0.1) is 12.4 Å². The molecule has 1 aromatic carbocycles. The SMILES string of the molecule is CCOC(=O)c1sc(NC(=O)CSc2nc(Cc3ccccc3)c(C)[nH]2)nc1C.Cl. The molecule has 7 nitrogen and oxygen atoms in total. The molecule has 2 heterocycles. The van der Waals surface area contributed by atoms with Crippen LogP contribution in [0.2, 0.25) is 0 Å². The second-order valence-corrected chi connectivity index (χ2v) is 8.23. The molecule has 0 atom stereocenters. The second-order valence-electron chi connectivity index (χ2n) is 6.27. The maximum atomic E-state index is 12.3. The standard InChI is InChI=1S/C20H22N4O3S2.ClH/c1-4-27-18(26)17-13(3)22-20(29-17)24-16(25)11-28-19-21-12(2)15(23-19)10-14-8-6-5-7-9-14;/h5-9H,4,10-11H2,1-3H3,(H,21,23)(H,22,24,25);1H. The van der Waals surface area contributed by atoms with E-state index in [1.807, 2.05) is 25.1 Å². The molecular formula is C20H23ClN4O3S2. The Balaban J connectivity index is 0.00000320. The Hall–Kier alpha value is -2.36. The summed E-state index contributed by atoms with van der Waals surface area (Å²) in [7, 11) is 0. The van der Waals surface area contributed by atoms with Crippen molar-refractivity contribution in [2.45, 2.75) is 32.3 Å². The number of benzene rings is 1. The van der Waals surface area contributed by atoms with Gasteiger partial charge in [0, 0.05) is 12.1 Å². The number of imidazole rings is 1. The molecule has 0 saturated carbocycles. The lowest BCUT2D eigenvalue weighted by molar-refractivity contribution is -0.113. The lowest BCUT2D eigenvalue weighted by atomic mass is 10.1. The van der Waals surface area contributed by atoms with E-state index >= 15 is 0 Å². The van der Waals surface area contributed by atoms with E-state index < -0.39 is 5.97 Å². The minimum atomic E-state index is -0.422. The Kier molecular flexibility index (Phi) is 8.88. The van der Waals surface area contributed by atoms with Gasteiger partial charge < -0.3 is 15.0 Å². The Labute approximate surface area is 189 Å². The number of anilines is 1. The number of ether oxygens (including phenoxy) is 1. The van der Waals surface area contributed by atoms with Gasteiger partial charge in [-0.25, -0.2) is 14.8 Å². The summed E-state index contributed by atoms with van der Waals surface area (Å²) in [6, 6.07) is 10.1. The number of aromatic nitrogens is 3. The van der Waals surface area contributed by atoms with Crippen molar-refractivity contribution < 1.29 is 14.3 Å². The largest absolute Gasteiger partial charge is 0.462 e. The number of nitrogens with zero attached hydrogens (tertiary/aromatic N) is 2. The van der Waals surface area contributed by atoms with Crippen molar-refractivity contribution in [2.24, 2.45) is 0 Å². The highest BCUT2D eigenvalue weighted by Gasteiger charge is 2.18. The molecule has 0 radical (unpaired) electrons. The highest BCUT2D eigenvalue weighted by Crippen LogP contribution is 2.24. The van der Waals surface area contributed by atoms with Gasteiger partial charge in [-0.2, -0.15) is 0 Å². The summed E-state index contributed by atoms with van der Waals surface area (Å²) in [6.07, 6.45) is 0.741. The van der Waals surface area contributed by atoms with Gasteiger partial charge in [0.15, 0.2) is 10.3 Å². The number of carbonyl (C=O) groups is 2. The van der Waals surface area contributed by atoms with Crippen molar-refractivity contribution in [3.63, 3.8) is 0 Å². The molecule has 0 spiro atoms. The van der Waals surface area contributed by atoms with Crippen LogP contribution < -0.4 is 5.32 Å². The predicted molar refractivity (Wildman–Crippen MR) is 122 cm³/mol. The Morgan fingerprint density at radius 1 is 1.20 bits per heavy atom. The summed E-state index contributed by atoms with van der Waals surface area (Å²) in [5.74, 6) is -0.447. The monoisotopic (exact) mass is 466 g/mol. The van der Waals surface area contributed by atoms with E-state index in [-0.39, 0.29) is 24.1 Å². The zero-order valence-corrected chi connectivity index (χ0v) is 19.3. The van der Waals surface area contributed by atoms with Crippen LogP contribution in [0.25, 0.3) is 0 Å². The molecule has 0 bridgehead atoms. The number of rotatable bonds is 8. The van der Waals surface area contributed by atoms with Gasteiger partial charge in [-0.1, -0.05) is 53.4 Å². The van der Waals surface area contributed by atoms with Crippen molar-refractivity contribution >= 4 is 52.5 Å². The molecule has 0 aliphatic rings. The fourth-order valence-electron chi connectivity index (χ4n) is 2.62. The van der Waals surface area contributed by atoms with Gasteiger partial charge >= 0.3 is 5.97 Å². The van der Waals surface area contributed by atoms with Crippen LogP contribution in [0.1, 0.15) is 39.2 Å².